The summed E-state index contributed by atoms with van der Waals surface area (Å²) in [6.45, 7) is -0.111. The van der Waals surface area contributed by atoms with E-state index in [2.05, 4.69) is 5.32 Å². The third kappa shape index (κ3) is 5.19. The average Bonchev–Trinajstić information content (AvgIpc) is 2.83. The molecule has 1 atom stereocenters. The molecule has 4 rings (SSSR count). The van der Waals surface area contributed by atoms with E-state index < -0.39 is 28.6 Å². The van der Waals surface area contributed by atoms with E-state index in [0.717, 1.165) is 4.31 Å². The fourth-order valence-corrected chi connectivity index (χ4v) is 5.18. The second kappa shape index (κ2) is 9.91. The van der Waals surface area contributed by atoms with Gasteiger partial charge in [0, 0.05) is 0 Å². The molecule has 7 nitrogen and oxygen atoms in total. The molecule has 3 aromatic rings. The SMILES string of the molecule is O=C(CN(c1cccc(Cl)c1Cl)S(=O)(=O)c1ccccc1)NCC1COc2ccccc2O1. The Morgan fingerprint density at radius 3 is 2.42 bits per heavy atom. The van der Waals surface area contributed by atoms with Crippen molar-refractivity contribution < 1.29 is 22.7 Å². The van der Waals surface area contributed by atoms with Crippen molar-refractivity contribution in [3.8, 4) is 11.5 Å². The lowest BCUT2D eigenvalue weighted by atomic mass is 10.2. The molecule has 1 aliphatic heterocycles. The lowest BCUT2D eigenvalue weighted by Gasteiger charge is -2.28. The Morgan fingerprint density at radius 1 is 0.970 bits per heavy atom. The number of fused-ring (bicyclic) bond motifs is 1. The predicted octanol–water partition coefficient (Wildman–Crippen LogP) is 4.14. The quantitative estimate of drug-likeness (QED) is 0.520. The molecular weight excluding hydrogens is 487 g/mol. The van der Waals surface area contributed by atoms with Crippen molar-refractivity contribution in [2.24, 2.45) is 0 Å². The Kier molecular flexibility index (Phi) is 6.97. The smallest absolute Gasteiger partial charge is 0.264 e. The molecule has 1 unspecified atom stereocenters. The van der Waals surface area contributed by atoms with Crippen LogP contribution in [-0.4, -0.2) is 40.1 Å². The molecule has 0 aliphatic carbocycles. The summed E-state index contributed by atoms with van der Waals surface area (Å²) in [5.74, 6) is 0.686. The van der Waals surface area contributed by atoms with Gasteiger partial charge in [-0.1, -0.05) is 59.6 Å². The summed E-state index contributed by atoms with van der Waals surface area (Å²) in [5.41, 5.74) is 0.106. The number of sulfonamides is 1. The number of nitrogens with one attached hydrogen (secondary N) is 1. The minimum absolute atomic E-state index is 0.0227. The minimum Gasteiger partial charge on any atom is -0.486 e. The van der Waals surface area contributed by atoms with Gasteiger partial charge in [0.15, 0.2) is 11.5 Å². The summed E-state index contributed by atoms with van der Waals surface area (Å²) in [7, 11) is -4.10. The lowest BCUT2D eigenvalue weighted by molar-refractivity contribution is -0.120. The van der Waals surface area contributed by atoms with Gasteiger partial charge in [0.1, 0.15) is 19.3 Å². The summed E-state index contributed by atoms with van der Waals surface area (Å²) in [6, 6.07) is 19.6. The Bertz CT molecular complexity index is 1250. The summed E-state index contributed by atoms with van der Waals surface area (Å²) < 4.78 is 39.2. The van der Waals surface area contributed by atoms with Crippen LogP contribution in [0.3, 0.4) is 0 Å². The number of rotatable bonds is 7. The zero-order valence-corrected chi connectivity index (χ0v) is 19.6. The summed E-state index contributed by atoms with van der Waals surface area (Å²) >= 11 is 12.4. The van der Waals surface area contributed by atoms with E-state index in [1.165, 1.54) is 18.2 Å². The fraction of sp³-hybridized carbons (Fsp3) is 0.174. The maximum atomic E-state index is 13.4. The van der Waals surface area contributed by atoms with Gasteiger partial charge in [0.05, 0.1) is 27.2 Å². The number of hydrogen-bond acceptors (Lipinski definition) is 5. The molecule has 1 aliphatic rings. The number of para-hydroxylation sites is 2. The number of benzene rings is 3. The number of amides is 1. The van der Waals surface area contributed by atoms with Crippen LogP contribution in [0.5, 0.6) is 11.5 Å². The highest BCUT2D eigenvalue weighted by atomic mass is 35.5. The summed E-state index contributed by atoms with van der Waals surface area (Å²) in [4.78, 5) is 12.8. The van der Waals surface area contributed by atoms with Gasteiger partial charge in [-0.2, -0.15) is 0 Å². The highest BCUT2D eigenvalue weighted by Gasteiger charge is 2.30. The van der Waals surface area contributed by atoms with Crippen molar-refractivity contribution in [3.05, 3.63) is 82.8 Å². The molecule has 10 heteroatoms. The number of ether oxygens (including phenoxy) is 2. The lowest BCUT2D eigenvalue weighted by Crippen LogP contribution is -2.45. The standard InChI is InChI=1S/C23H20Cl2N2O5S/c24-18-9-6-10-19(23(18)25)27(33(29,30)17-7-2-1-3-8-17)14-22(28)26-13-16-15-31-20-11-4-5-12-21(20)32-16/h1-12,16H,13-15H2,(H,26,28). The van der Waals surface area contributed by atoms with Crippen molar-refractivity contribution in [2.75, 3.05) is 24.0 Å². The van der Waals surface area contributed by atoms with Crippen LogP contribution < -0.4 is 19.1 Å². The van der Waals surface area contributed by atoms with Gasteiger partial charge >= 0.3 is 0 Å². The third-order valence-corrected chi connectivity index (χ3v) is 7.50. The van der Waals surface area contributed by atoms with E-state index in [1.807, 2.05) is 12.1 Å². The molecule has 0 aromatic heterocycles. The molecule has 0 bridgehead atoms. The largest absolute Gasteiger partial charge is 0.486 e. The van der Waals surface area contributed by atoms with Crippen LogP contribution in [0.4, 0.5) is 5.69 Å². The number of nitrogens with zero attached hydrogens (tertiary/aromatic N) is 1. The fourth-order valence-electron chi connectivity index (χ4n) is 3.28. The molecule has 1 N–H and O–H groups in total. The second-order valence-electron chi connectivity index (χ2n) is 7.20. The van der Waals surface area contributed by atoms with E-state index in [9.17, 15) is 13.2 Å². The Balaban J connectivity index is 1.52. The van der Waals surface area contributed by atoms with Crippen LogP contribution in [-0.2, 0) is 14.8 Å². The highest BCUT2D eigenvalue weighted by molar-refractivity contribution is 7.92. The van der Waals surface area contributed by atoms with Crippen molar-refractivity contribution >= 4 is 44.8 Å². The third-order valence-electron chi connectivity index (χ3n) is 4.91. The molecule has 0 saturated heterocycles. The topological polar surface area (TPSA) is 84.9 Å². The molecule has 0 fully saturated rings. The maximum absolute atomic E-state index is 13.4. The van der Waals surface area contributed by atoms with Crippen molar-refractivity contribution in [2.45, 2.75) is 11.0 Å². The first-order valence-electron chi connectivity index (χ1n) is 10.0. The van der Waals surface area contributed by atoms with Crippen LogP contribution in [0.25, 0.3) is 0 Å². The number of carbonyl (C=O) groups is 1. The second-order valence-corrected chi connectivity index (χ2v) is 9.85. The van der Waals surface area contributed by atoms with Gasteiger partial charge in [-0.3, -0.25) is 9.10 Å². The van der Waals surface area contributed by atoms with Crippen molar-refractivity contribution in [1.82, 2.24) is 5.32 Å². The van der Waals surface area contributed by atoms with E-state index in [1.54, 1.807) is 42.5 Å². The Morgan fingerprint density at radius 2 is 1.67 bits per heavy atom. The van der Waals surface area contributed by atoms with Crippen LogP contribution in [0, 0.1) is 0 Å². The van der Waals surface area contributed by atoms with Gasteiger partial charge in [-0.15, -0.1) is 0 Å². The zero-order chi connectivity index (χ0) is 23.4. The van der Waals surface area contributed by atoms with Gasteiger partial charge in [0.25, 0.3) is 10.0 Å². The van der Waals surface area contributed by atoms with E-state index in [0.29, 0.717) is 11.5 Å². The zero-order valence-electron chi connectivity index (χ0n) is 17.3. The monoisotopic (exact) mass is 506 g/mol. The molecular formula is C23H20Cl2N2O5S. The molecule has 0 saturated carbocycles. The molecule has 0 radical (unpaired) electrons. The van der Waals surface area contributed by atoms with E-state index in [-0.39, 0.29) is 33.8 Å². The molecule has 0 spiro atoms. The Hall–Kier alpha value is -2.94. The molecule has 3 aromatic carbocycles. The first kappa shape index (κ1) is 23.2. The summed E-state index contributed by atoms with van der Waals surface area (Å²) in [6.07, 6.45) is -0.419. The van der Waals surface area contributed by atoms with E-state index in [4.69, 9.17) is 32.7 Å². The minimum atomic E-state index is -4.10. The molecule has 172 valence electrons. The number of hydrogen-bond donors (Lipinski definition) is 1. The van der Waals surface area contributed by atoms with Crippen LogP contribution in [0.1, 0.15) is 0 Å². The first-order chi connectivity index (χ1) is 15.9. The van der Waals surface area contributed by atoms with Crippen LogP contribution in [0.15, 0.2) is 77.7 Å². The maximum Gasteiger partial charge on any atom is 0.264 e. The molecule has 1 heterocycles. The number of halogens is 2. The van der Waals surface area contributed by atoms with Gasteiger partial charge < -0.3 is 14.8 Å². The number of carbonyl (C=O) groups excluding carboxylic acids is 1. The van der Waals surface area contributed by atoms with Crippen LogP contribution in [0.2, 0.25) is 10.0 Å². The van der Waals surface area contributed by atoms with E-state index >= 15 is 0 Å². The highest BCUT2D eigenvalue weighted by Crippen LogP contribution is 2.35. The Labute approximate surface area is 201 Å². The normalized spacial score (nSPS) is 15.0. The van der Waals surface area contributed by atoms with Gasteiger partial charge in [0.2, 0.25) is 5.91 Å². The average molecular weight is 507 g/mol. The predicted molar refractivity (Wildman–Crippen MR) is 127 cm³/mol. The van der Waals surface area contributed by atoms with Crippen molar-refractivity contribution in [1.29, 1.82) is 0 Å². The number of anilines is 1. The van der Waals surface area contributed by atoms with Gasteiger partial charge in [-0.05, 0) is 36.4 Å². The molecule has 33 heavy (non-hydrogen) atoms. The first-order valence-corrected chi connectivity index (χ1v) is 12.2. The van der Waals surface area contributed by atoms with Gasteiger partial charge in [-0.25, -0.2) is 8.42 Å². The van der Waals surface area contributed by atoms with Crippen LogP contribution >= 0.6 is 23.2 Å². The molecule has 1 amide bonds. The van der Waals surface area contributed by atoms with Crippen molar-refractivity contribution in [3.63, 3.8) is 0 Å². The summed E-state index contributed by atoms with van der Waals surface area (Å²) in [5, 5.41) is 2.92.